The number of carbonyl (C=O) groups is 2. The maximum atomic E-state index is 12.4. The number of methoxy groups -OCH3 is 1. The summed E-state index contributed by atoms with van der Waals surface area (Å²) in [6.45, 7) is 2.09. The van der Waals surface area contributed by atoms with E-state index in [0.29, 0.717) is 11.6 Å². The summed E-state index contributed by atoms with van der Waals surface area (Å²) in [4.78, 5) is 24.7. The van der Waals surface area contributed by atoms with Crippen molar-refractivity contribution in [2.75, 3.05) is 18.2 Å². The average molecular weight is 440 g/mol. The number of ether oxygens (including phenoxy) is 1. The van der Waals surface area contributed by atoms with E-state index in [9.17, 15) is 9.59 Å². The average Bonchev–Trinajstić information content (AvgIpc) is 3.26. The monoisotopic (exact) mass is 439 g/mol. The van der Waals surface area contributed by atoms with Gasteiger partial charge in [-0.05, 0) is 48.2 Å². The minimum atomic E-state index is -0.378. The van der Waals surface area contributed by atoms with E-state index < -0.39 is 0 Å². The molecule has 0 aliphatic carbocycles. The fourth-order valence-corrected chi connectivity index (χ4v) is 4.34. The third kappa shape index (κ3) is 4.83. The molecule has 2 aliphatic rings. The molecule has 2 aromatic carbocycles. The number of benzene rings is 2. The minimum absolute atomic E-state index is 0.0311. The van der Waals surface area contributed by atoms with Crippen LogP contribution in [0.15, 0.2) is 53.6 Å². The number of amides is 2. The second kappa shape index (κ2) is 9.40. The van der Waals surface area contributed by atoms with Gasteiger partial charge in [0.25, 0.3) is 5.91 Å². The maximum Gasteiger partial charge on any atom is 0.264 e. The highest BCUT2D eigenvalue weighted by Gasteiger charge is 2.41. The normalized spacial score (nSPS) is 20.0. The molecule has 0 aromatic heterocycles. The van der Waals surface area contributed by atoms with Gasteiger partial charge in [-0.3, -0.25) is 14.6 Å². The van der Waals surface area contributed by atoms with Crippen LogP contribution in [0.25, 0.3) is 0 Å². The zero-order chi connectivity index (χ0) is 21.8. The van der Waals surface area contributed by atoms with Crippen LogP contribution < -0.4 is 20.9 Å². The lowest BCUT2D eigenvalue weighted by Crippen LogP contribution is -2.52. The molecular formula is C22H25N5O3S. The van der Waals surface area contributed by atoms with Crippen LogP contribution in [0.4, 0.5) is 5.69 Å². The molecule has 1 saturated heterocycles. The van der Waals surface area contributed by atoms with Crippen molar-refractivity contribution in [2.45, 2.75) is 31.8 Å². The Hall–Kier alpha value is -3.04. The summed E-state index contributed by atoms with van der Waals surface area (Å²) in [5, 5.41) is 9.38. The number of carbonyl (C=O) groups excluding carboxylic acids is 2. The number of anilines is 1. The highest BCUT2D eigenvalue weighted by atomic mass is 32.2. The first-order chi connectivity index (χ1) is 15.1. The Labute approximate surface area is 185 Å². The van der Waals surface area contributed by atoms with Crippen molar-refractivity contribution >= 4 is 34.4 Å². The predicted octanol–water partition coefficient (Wildman–Crippen LogP) is 2.65. The molecule has 1 fully saturated rings. The molecule has 0 saturated carbocycles. The number of hydrogen-bond donors (Lipinski definition) is 3. The molecule has 0 bridgehead atoms. The first kappa shape index (κ1) is 21.2. The quantitative estimate of drug-likeness (QED) is 0.641. The number of hydrazone groups is 1. The molecule has 2 heterocycles. The number of amidine groups is 1. The van der Waals surface area contributed by atoms with Crippen LogP contribution in [0.2, 0.25) is 0 Å². The van der Waals surface area contributed by atoms with Gasteiger partial charge in [0.2, 0.25) is 5.91 Å². The summed E-state index contributed by atoms with van der Waals surface area (Å²) in [7, 11) is 1.63. The Balaban J connectivity index is 1.37. The van der Waals surface area contributed by atoms with E-state index in [1.54, 1.807) is 12.1 Å². The molecular weight excluding hydrogens is 414 g/mol. The third-order valence-electron chi connectivity index (χ3n) is 5.33. The number of rotatable bonds is 6. The SMILES string of the molecule is CCc1ccc(NC(=O)CSC2=NNC(=O)C3CC(c4ccc(OC)cc4)NN23)cc1. The van der Waals surface area contributed by atoms with Crippen molar-refractivity contribution < 1.29 is 14.3 Å². The molecule has 2 atom stereocenters. The maximum absolute atomic E-state index is 12.4. The van der Waals surface area contributed by atoms with Crippen molar-refractivity contribution in [3.63, 3.8) is 0 Å². The minimum Gasteiger partial charge on any atom is -0.497 e. The van der Waals surface area contributed by atoms with Crippen LogP contribution in [0.3, 0.4) is 0 Å². The van der Waals surface area contributed by atoms with Gasteiger partial charge in [0.1, 0.15) is 11.8 Å². The number of fused-ring (bicyclic) bond motifs is 1. The van der Waals surface area contributed by atoms with Gasteiger partial charge in [-0.25, -0.2) is 10.9 Å². The molecule has 31 heavy (non-hydrogen) atoms. The lowest BCUT2D eigenvalue weighted by atomic mass is 10.0. The summed E-state index contributed by atoms with van der Waals surface area (Å²) in [5.41, 5.74) is 8.97. The number of aryl methyl sites for hydroxylation is 1. The number of hydrogen-bond acceptors (Lipinski definition) is 7. The van der Waals surface area contributed by atoms with Gasteiger partial charge >= 0.3 is 0 Å². The van der Waals surface area contributed by atoms with Crippen LogP contribution in [-0.2, 0) is 16.0 Å². The van der Waals surface area contributed by atoms with E-state index in [2.05, 4.69) is 28.2 Å². The van der Waals surface area contributed by atoms with E-state index in [0.717, 1.165) is 23.4 Å². The summed E-state index contributed by atoms with van der Waals surface area (Å²) in [6.07, 6.45) is 1.56. The van der Waals surface area contributed by atoms with Gasteiger partial charge in [-0.2, -0.15) is 0 Å². The van der Waals surface area contributed by atoms with Gasteiger partial charge in [-0.1, -0.05) is 43.0 Å². The lowest BCUT2D eigenvalue weighted by Gasteiger charge is -2.29. The molecule has 3 N–H and O–H groups in total. The summed E-state index contributed by atoms with van der Waals surface area (Å²) in [6, 6.07) is 15.2. The Morgan fingerprint density at radius 1 is 1.23 bits per heavy atom. The molecule has 2 aliphatic heterocycles. The highest BCUT2D eigenvalue weighted by molar-refractivity contribution is 8.14. The van der Waals surface area contributed by atoms with E-state index in [-0.39, 0.29) is 29.7 Å². The number of thioether (sulfide) groups is 1. The molecule has 2 amide bonds. The lowest BCUT2D eigenvalue weighted by molar-refractivity contribution is -0.125. The van der Waals surface area contributed by atoms with Crippen molar-refractivity contribution in [1.29, 1.82) is 0 Å². The highest BCUT2D eigenvalue weighted by Crippen LogP contribution is 2.32. The predicted molar refractivity (Wildman–Crippen MR) is 122 cm³/mol. The molecule has 162 valence electrons. The van der Waals surface area contributed by atoms with Crippen LogP contribution >= 0.6 is 11.8 Å². The second-order valence-corrected chi connectivity index (χ2v) is 8.28. The standard InChI is InChI=1S/C22H25N5O3S/c1-3-14-4-8-16(9-5-14)23-20(28)13-31-22-25-24-21(29)19-12-18(26-27(19)22)15-6-10-17(30-2)11-7-15/h4-11,18-19,26H,3,12-13H2,1-2H3,(H,23,28)(H,24,29). The van der Waals surface area contributed by atoms with E-state index in [1.807, 2.05) is 48.5 Å². The zero-order valence-corrected chi connectivity index (χ0v) is 18.2. The first-order valence-electron chi connectivity index (χ1n) is 10.2. The summed E-state index contributed by atoms with van der Waals surface area (Å²) in [5.74, 6) is 0.678. The second-order valence-electron chi connectivity index (χ2n) is 7.33. The van der Waals surface area contributed by atoms with E-state index in [1.165, 1.54) is 17.3 Å². The van der Waals surface area contributed by atoms with E-state index >= 15 is 0 Å². The Bertz CT molecular complexity index is 978. The molecule has 2 unspecified atom stereocenters. The Morgan fingerprint density at radius 3 is 2.65 bits per heavy atom. The van der Waals surface area contributed by atoms with Crippen LogP contribution in [0.1, 0.15) is 30.5 Å². The topological polar surface area (TPSA) is 95.1 Å². The van der Waals surface area contributed by atoms with Crippen LogP contribution in [0, 0.1) is 0 Å². The van der Waals surface area contributed by atoms with Gasteiger partial charge in [0.05, 0.1) is 18.9 Å². The van der Waals surface area contributed by atoms with Gasteiger partial charge < -0.3 is 10.1 Å². The molecule has 9 heteroatoms. The Morgan fingerprint density at radius 2 is 1.97 bits per heavy atom. The third-order valence-corrected chi connectivity index (χ3v) is 6.29. The number of nitrogens with zero attached hydrogens (tertiary/aromatic N) is 2. The zero-order valence-electron chi connectivity index (χ0n) is 17.4. The Kier molecular flexibility index (Phi) is 6.43. The summed E-state index contributed by atoms with van der Waals surface area (Å²) < 4.78 is 5.21. The van der Waals surface area contributed by atoms with Crippen LogP contribution in [-0.4, -0.2) is 40.9 Å². The van der Waals surface area contributed by atoms with Crippen LogP contribution in [0.5, 0.6) is 5.75 Å². The fourth-order valence-electron chi connectivity index (χ4n) is 3.58. The number of hydrazine groups is 1. The molecule has 4 rings (SSSR count). The largest absolute Gasteiger partial charge is 0.497 e. The van der Waals surface area contributed by atoms with Crippen molar-refractivity contribution in [3.8, 4) is 5.75 Å². The molecule has 2 aromatic rings. The van der Waals surface area contributed by atoms with Gasteiger partial charge in [0, 0.05) is 5.69 Å². The van der Waals surface area contributed by atoms with Crippen molar-refractivity contribution in [3.05, 3.63) is 59.7 Å². The molecule has 8 nitrogen and oxygen atoms in total. The first-order valence-corrected chi connectivity index (χ1v) is 11.1. The smallest absolute Gasteiger partial charge is 0.264 e. The van der Waals surface area contributed by atoms with Gasteiger partial charge in [-0.15, -0.1) is 5.10 Å². The van der Waals surface area contributed by atoms with E-state index in [4.69, 9.17) is 4.74 Å². The van der Waals surface area contributed by atoms with Gasteiger partial charge in [0.15, 0.2) is 5.17 Å². The van der Waals surface area contributed by atoms with Crippen molar-refractivity contribution in [1.82, 2.24) is 15.9 Å². The molecule has 0 spiro atoms. The summed E-state index contributed by atoms with van der Waals surface area (Å²) >= 11 is 1.28. The fraction of sp³-hybridized carbons (Fsp3) is 0.318. The molecule has 0 radical (unpaired) electrons. The number of nitrogens with one attached hydrogen (secondary N) is 3. The van der Waals surface area contributed by atoms with Crippen molar-refractivity contribution in [2.24, 2.45) is 5.10 Å².